The number of benzene rings is 4. The van der Waals surface area contributed by atoms with Crippen molar-refractivity contribution in [1.29, 1.82) is 0 Å². The molecule has 0 fully saturated rings. The second-order valence-electron chi connectivity index (χ2n) is 7.36. The highest BCUT2D eigenvalue weighted by Gasteiger charge is 2.14. The van der Waals surface area contributed by atoms with Crippen LogP contribution in [0.3, 0.4) is 0 Å². The quantitative estimate of drug-likeness (QED) is 0.313. The van der Waals surface area contributed by atoms with Crippen LogP contribution in [0, 0.1) is 0 Å². The van der Waals surface area contributed by atoms with Crippen molar-refractivity contribution in [1.82, 2.24) is 4.57 Å². The minimum Gasteiger partial charge on any atom is -0.343 e. The lowest BCUT2D eigenvalue weighted by Gasteiger charge is -2.05. The molecule has 0 amide bonds. The van der Waals surface area contributed by atoms with Crippen molar-refractivity contribution in [3.05, 3.63) is 72.3 Å². The molecule has 1 nitrogen and oxygen atoms in total. The molecule has 1 heterocycles. The van der Waals surface area contributed by atoms with Crippen molar-refractivity contribution in [2.45, 2.75) is 26.2 Å². The molecule has 0 bridgehead atoms. The Labute approximate surface area is 153 Å². The molecule has 0 spiro atoms. The molecule has 1 aromatic heterocycles. The van der Waals surface area contributed by atoms with Crippen LogP contribution in [0.1, 0.15) is 25.3 Å². The zero-order valence-corrected chi connectivity index (χ0v) is 15.4. The van der Waals surface area contributed by atoms with E-state index in [-0.39, 0.29) is 0 Å². The van der Waals surface area contributed by atoms with Gasteiger partial charge >= 0.3 is 0 Å². The average molecular weight is 337 g/mol. The number of unbranched alkanes of at least 4 members (excludes halogenated alkanes) is 1. The van der Waals surface area contributed by atoms with Gasteiger partial charge in [0, 0.05) is 23.3 Å². The minimum absolute atomic E-state index is 1.15. The predicted molar refractivity (Wildman–Crippen MR) is 114 cm³/mol. The first-order valence-corrected chi connectivity index (χ1v) is 9.59. The topological polar surface area (TPSA) is 4.93 Å². The van der Waals surface area contributed by atoms with Crippen molar-refractivity contribution in [3.8, 4) is 0 Å². The van der Waals surface area contributed by atoms with Crippen LogP contribution in [0.5, 0.6) is 0 Å². The molecule has 0 unspecified atom stereocenters. The average Bonchev–Trinajstić information content (AvgIpc) is 2.98. The van der Waals surface area contributed by atoms with Crippen LogP contribution in [0.15, 0.2) is 66.7 Å². The molecule has 0 saturated heterocycles. The van der Waals surface area contributed by atoms with Crippen molar-refractivity contribution in [3.63, 3.8) is 0 Å². The zero-order chi connectivity index (χ0) is 17.7. The monoisotopic (exact) mass is 337 g/mol. The summed E-state index contributed by atoms with van der Waals surface area (Å²) in [5.41, 5.74) is 4.19. The molecule has 0 aliphatic rings. The van der Waals surface area contributed by atoms with E-state index in [1.54, 1.807) is 0 Å². The molecular formula is C25H23N. The maximum atomic E-state index is 2.39. The number of nitrogens with zero attached hydrogens (tertiary/aromatic N) is 1. The number of para-hydroxylation sites is 1. The largest absolute Gasteiger partial charge is 0.343 e. The van der Waals surface area contributed by atoms with Crippen LogP contribution >= 0.6 is 0 Å². The molecule has 0 aliphatic heterocycles. The summed E-state index contributed by atoms with van der Waals surface area (Å²) in [5.74, 6) is 0. The Morgan fingerprint density at radius 1 is 0.769 bits per heavy atom. The van der Waals surface area contributed by atoms with Gasteiger partial charge in [-0.1, -0.05) is 61.9 Å². The Morgan fingerprint density at radius 2 is 1.58 bits per heavy atom. The molecule has 0 atom stereocenters. The van der Waals surface area contributed by atoms with Crippen LogP contribution in [-0.4, -0.2) is 4.57 Å². The lowest BCUT2D eigenvalue weighted by atomic mass is 9.98. The van der Waals surface area contributed by atoms with Crippen LogP contribution < -0.4 is 0 Å². The van der Waals surface area contributed by atoms with Gasteiger partial charge in [0.15, 0.2) is 0 Å². The summed E-state index contributed by atoms with van der Waals surface area (Å²) in [7, 11) is 2.22. The number of hydrogen-bond donors (Lipinski definition) is 0. The van der Waals surface area contributed by atoms with Gasteiger partial charge in [-0.2, -0.15) is 0 Å². The van der Waals surface area contributed by atoms with Gasteiger partial charge in [0.1, 0.15) is 0 Å². The molecule has 0 N–H and O–H groups in total. The van der Waals surface area contributed by atoms with Gasteiger partial charge in [0.2, 0.25) is 0 Å². The normalized spacial score (nSPS) is 11.9. The fourth-order valence-electron chi connectivity index (χ4n) is 4.44. The molecule has 0 saturated carbocycles. The van der Waals surface area contributed by atoms with Gasteiger partial charge < -0.3 is 4.57 Å². The first kappa shape index (κ1) is 15.5. The Balaban J connectivity index is 1.94. The number of rotatable bonds is 3. The second kappa shape index (κ2) is 5.88. The summed E-state index contributed by atoms with van der Waals surface area (Å²) in [6.45, 7) is 2.26. The number of aryl methyl sites for hydroxylation is 2. The summed E-state index contributed by atoms with van der Waals surface area (Å²) in [6, 6.07) is 24.7. The first-order chi connectivity index (χ1) is 12.8. The fourth-order valence-corrected chi connectivity index (χ4v) is 4.44. The van der Waals surface area contributed by atoms with E-state index in [0.29, 0.717) is 0 Å². The van der Waals surface area contributed by atoms with Gasteiger partial charge in [-0.05, 0) is 58.1 Å². The van der Waals surface area contributed by atoms with E-state index < -0.39 is 0 Å². The van der Waals surface area contributed by atoms with E-state index in [9.17, 15) is 0 Å². The maximum absolute atomic E-state index is 2.39. The van der Waals surface area contributed by atoms with Gasteiger partial charge in [-0.25, -0.2) is 0 Å². The van der Waals surface area contributed by atoms with Crippen LogP contribution in [0.4, 0.5) is 0 Å². The predicted octanol–water partition coefficient (Wildman–Crippen LogP) is 6.98. The molecule has 128 valence electrons. The molecule has 1 heteroatoms. The Kier molecular flexibility index (Phi) is 3.49. The van der Waals surface area contributed by atoms with Gasteiger partial charge in [0.05, 0.1) is 5.52 Å². The van der Waals surface area contributed by atoms with E-state index in [2.05, 4.69) is 85.3 Å². The highest BCUT2D eigenvalue weighted by Crippen LogP contribution is 2.37. The molecule has 0 radical (unpaired) electrons. The summed E-state index contributed by atoms with van der Waals surface area (Å²) < 4.78 is 2.39. The fraction of sp³-hybridized carbons (Fsp3) is 0.200. The standard InChI is InChI=1S/C25H23N/c1-3-4-8-17-11-7-12-21-24-22-16-19-10-6-5-9-18(19)15-20(22)13-14-23(24)26(2)25(17)21/h5-7,9-16H,3-4,8H2,1-2H3. The maximum Gasteiger partial charge on any atom is 0.0521 e. The smallest absolute Gasteiger partial charge is 0.0521 e. The van der Waals surface area contributed by atoms with Crippen molar-refractivity contribution in [2.24, 2.45) is 7.05 Å². The third kappa shape index (κ3) is 2.17. The van der Waals surface area contributed by atoms with E-state index in [1.165, 1.54) is 61.8 Å². The van der Waals surface area contributed by atoms with E-state index >= 15 is 0 Å². The lowest BCUT2D eigenvalue weighted by Crippen LogP contribution is -1.93. The van der Waals surface area contributed by atoms with Crippen LogP contribution in [0.25, 0.3) is 43.4 Å². The van der Waals surface area contributed by atoms with Gasteiger partial charge in [-0.3, -0.25) is 0 Å². The van der Waals surface area contributed by atoms with E-state index in [0.717, 1.165) is 6.42 Å². The van der Waals surface area contributed by atoms with Crippen molar-refractivity contribution in [2.75, 3.05) is 0 Å². The number of fused-ring (bicyclic) bond motifs is 6. The van der Waals surface area contributed by atoms with Crippen LogP contribution in [0.2, 0.25) is 0 Å². The zero-order valence-electron chi connectivity index (χ0n) is 15.4. The summed E-state index contributed by atoms with van der Waals surface area (Å²) in [6.07, 6.45) is 3.63. The second-order valence-corrected chi connectivity index (χ2v) is 7.36. The highest BCUT2D eigenvalue weighted by molar-refractivity contribution is 6.22. The highest BCUT2D eigenvalue weighted by atomic mass is 14.9. The molecule has 5 aromatic rings. The molecule has 4 aromatic carbocycles. The van der Waals surface area contributed by atoms with E-state index in [1.807, 2.05) is 0 Å². The van der Waals surface area contributed by atoms with E-state index in [4.69, 9.17) is 0 Å². The van der Waals surface area contributed by atoms with Crippen molar-refractivity contribution < 1.29 is 0 Å². The SMILES string of the molecule is CCCCc1cccc2c3c4cc5ccccc5cc4ccc3n(C)c12. The van der Waals surface area contributed by atoms with Gasteiger partial charge in [-0.15, -0.1) is 0 Å². The molecule has 0 aliphatic carbocycles. The molecule has 26 heavy (non-hydrogen) atoms. The lowest BCUT2D eigenvalue weighted by molar-refractivity contribution is 0.795. The number of aromatic nitrogens is 1. The van der Waals surface area contributed by atoms with Crippen molar-refractivity contribution >= 4 is 43.4 Å². The third-order valence-electron chi connectivity index (χ3n) is 5.75. The summed E-state index contributed by atoms with van der Waals surface area (Å²) in [5, 5.41) is 8.08. The minimum atomic E-state index is 1.15. The Hall–Kier alpha value is -2.80. The Morgan fingerprint density at radius 3 is 2.38 bits per heavy atom. The summed E-state index contributed by atoms with van der Waals surface area (Å²) in [4.78, 5) is 0. The third-order valence-corrected chi connectivity index (χ3v) is 5.75. The van der Waals surface area contributed by atoms with Gasteiger partial charge in [0.25, 0.3) is 0 Å². The molecule has 5 rings (SSSR count). The van der Waals surface area contributed by atoms with Crippen LogP contribution in [-0.2, 0) is 13.5 Å². The Bertz CT molecular complexity index is 1270. The first-order valence-electron chi connectivity index (χ1n) is 9.59. The summed E-state index contributed by atoms with van der Waals surface area (Å²) >= 11 is 0. The number of hydrogen-bond acceptors (Lipinski definition) is 0. The molecular weight excluding hydrogens is 314 g/mol.